The fraction of sp³-hybridized carbons (Fsp3) is 0.529. The van der Waals surface area contributed by atoms with Gasteiger partial charge in [0.1, 0.15) is 0 Å². The molecule has 3 atom stereocenters. The average Bonchev–Trinajstić information content (AvgIpc) is 3.05. The first-order valence-corrected chi connectivity index (χ1v) is 10.1. The summed E-state index contributed by atoms with van der Waals surface area (Å²) >= 11 is 7.09. The van der Waals surface area contributed by atoms with E-state index in [0.29, 0.717) is 22.1 Å². The molecule has 0 radical (unpaired) electrons. The van der Waals surface area contributed by atoms with Gasteiger partial charge in [0, 0.05) is 10.8 Å². The summed E-state index contributed by atoms with van der Waals surface area (Å²) in [6.45, 7) is -0.239. The molecule has 9 nitrogen and oxygen atoms in total. The summed E-state index contributed by atoms with van der Waals surface area (Å²) in [5, 5.41) is 14.3. The maximum Gasteiger partial charge on any atom is 0.305 e. The van der Waals surface area contributed by atoms with Crippen molar-refractivity contribution in [2.24, 2.45) is 22.4 Å². The molecule has 1 heterocycles. The van der Waals surface area contributed by atoms with Crippen molar-refractivity contribution in [1.29, 1.82) is 0 Å². The fourth-order valence-corrected chi connectivity index (χ4v) is 4.31. The van der Waals surface area contributed by atoms with Gasteiger partial charge in [-0.15, -0.1) is 11.3 Å². The Morgan fingerprint density at radius 3 is 2.68 bits per heavy atom. The van der Waals surface area contributed by atoms with Gasteiger partial charge >= 0.3 is 5.97 Å². The van der Waals surface area contributed by atoms with Crippen molar-refractivity contribution in [2.45, 2.75) is 44.2 Å². The molecule has 11 heteroatoms. The molecule has 0 aliphatic heterocycles. The number of amides is 2. The van der Waals surface area contributed by atoms with Crippen molar-refractivity contribution >= 4 is 46.7 Å². The van der Waals surface area contributed by atoms with Gasteiger partial charge in [-0.25, -0.2) is 0 Å². The van der Waals surface area contributed by atoms with Crippen molar-refractivity contribution in [3.05, 3.63) is 21.3 Å². The van der Waals surface area contributed by atoms with Gasteiger partial charge in [-0.3, -0.25) is 19.4 Å². The van der Waals surface area contributed by atoms with Gasteiger partial charge < -0.3 is 27.2 Å². The van der Waals surface area contributed by atoms with Crippen LogP contribution in [-0.4, -0.2) is 41.4 Å². The lowest BCUT2D eigenvalue weighted by Crippen LogP contribution is -2.42. The third kappa shape index (κ3) is 7.01. The molecule has 154 valence electrons. The lowest BCUT2D eigenvalue weighted by atomic mass is 9.85. The van der Waals surface area contributed by atoms with Crippen molar-refractivity contribution in [1.82, 2.24) is 10.6 Å². The fourth-order valence-electron chi connectivity index (χ4n) is 3.20. The second kappa shape index (κ2) is 10.3. The van der Waals surface area contributed by atoms with Crippen LogP contribution in [0.2, 0.25) is 4.34 Å². The summed E-state index contributed by atoms with van der Waals surface area (Å²) in [5.41, 5.74) is 10.8. The minimum Gasteiger partial charge on any atom is -0.481 e. The second-order valence-corrected chi connectivity index (χ2v) is 8.40. The monoisotopic (exact) mass is 429 g/mol. The van der Waals surface area contributed by atoms with E-state index in [1.165, 1.54) is 11.3 Å². The predicted octanol–water partition coefficient (Wildman–Crippen LogP) is 0.982. The second-order valence-electron chi connectivity index (χ2n) is 6.65. The molecule has 1 aromatic heterocycles. The van der Waals surface area contributed by atoms with Crippen LogP contribution >= 0.6 is 22.9 Å². The third-order valence-electron chi connectivity index (χ3n) is 4.42. The highest BCUT2D eigenvalue weighted by molar-refractivity contribution is 7.16. The molecule has 1 fully saturated rings. The minimum absolute atomic E-state index is 0.00332. The van der Waals surface area contributed by atoms with Gasteiger partial charge in [0.15, 0.2) is 5.96 Å². The van der Waals surface area contributed by atoms with Gasteiger partial charge in [-0.2, -0.15) is 0 Å². The van der Waals surface area contributed by atoms with E-state index in [-0.39, 0.29) is 36.8 Å². The van der Waals surface area contributed by atoms with Gasteiger partial charge in [-0.05, 0) is 31.4 Å². The minimum atomic E-state index is -1.05. The molecule has 2 rings (SSSR count). The van der Waals surface area contributed by atoms with Crippen LogP contribution in [0.15, 0.2) is 17.1 Å². The van der Waals surface area contributed by atoms with Crippen molar-refractivity contribution in [2.75, 3.05) is 6.54 Å². The lowest BCUT2D eigenvalue weighted by molar-refractivity contribution is -0.138. The van der Waals surface area contributed by atoms with Crippen LogP contribution in [0.5, 0.6) is 0 Å². The highest BCUT2D eigenvalue weighted by Gasteiger charge is 2.27. The number of nitrogens with two attached hydrogens (primary N) is 2. The highest BCUT2D eigenvalue weighted by Crippen LogP contribution is 2.29. The molecule has 0 aromatic carbocycles. The number of carboxylic acid groups (broad SMARTS) is 1. The zero-order valence-corrected chi connectivity index (χ0v) is 16.8. The van der Waals surface area contributed by atoms with Crippen LogP contribution in [0.1, 0.15) is 43.0 Å². The molecule has 1 saturated carbocycles. The Labute approximate surface area is 171 Å². The number of carbonyl (C=O) groups is 3. The largest absolute Gasteiger partial charge is 0.481 e. The number of rotatable bonds is 8. The molecule has 28 heavy (non-hydrogen) atoms. The van der Waals surface area contributed by atoms with Crippen LogP contribution in [0.3, 0.4) is 0 Å². The molecule has 2 amide bonds. The quantitative estimate of drug-likeness (QED) is 0.306. The number of nitrogens with one attached hydrogen (secondary N) is 2. The Balaban J connectivity index is 1.86. The van der Waals surface area contributed by atoms with E-state index in [1.807, 2.05) is 0 Å². The van der Waals surface area contributed by atoms with Crippen LogP contribution in [-0.2, 0) is 14.4 Å². The van der Waals surface area contributed by atoms with Crippen molar-refractivity contribution in [3.63, 3.8) is 0 Å². The highest BCUT2D eigenvalue weighted by atomic mass is 35.5. The van der Waals surface area contributed by atoms with Crippen LogP contribution in [0.4, 0.5) is 0 Å². The molecular weight excluding hydrogens is 406 g/mol. The maximum absolute atomic E-state index is 12.4. The standard InChI is InChI=1S/C17H24ClN5O4S/c18-13-5-4-12(28-13)11(7-15(25)26)23-14(24)8-21-16(27)9-2-1-3-10(6-9)22-17(19)20/h4-5,9-11H,1-3,6-8H2,(H,21,27)(H,23,24)(H,25,26)(H4,19,20,22). The summed E-state index contributed by atoms with van der Waals surface area (Å²) in [7, 11) is 0. The summed E-state index contributed by atoms with van der Waals surface area (Å²) in [6, 6.07) is 2.51. The van der Waals surface area contributed by atoms with Crippen LogP contribution in [0, 0.1) is 5.92 Å². The molecule has 0 spiro atoms. The van der Waals surface area contributed by atoms with Gasteiger partial charge in [0.05, 0.1) is 29.4 Å². The first-order valence-electron chi connectivity index (χ1n) is 8.87. The first kappa shape index (κ1) is 22.0. The number of carboxylic acids is 1. The molecule has 1 aromatic rings. The average molecular weight is 430 g/mol. The SMILES string of the molecule is NC(N)=NC1CCCC(C(=O)NCC(=O)NC(CC(=O)O)c2ccc(Cl)s2)C1. The number of guanidine groups is 1. The Kier molecular flexibility index (Phi) is 8.06. The number of nitrogens with zero attached hydrogens (tertiary/aromatic N) is 1. The molecule has 0 bridgehead atoms. The van der Waals surface area contributed by atoms with E-state index in [4.69, 9.17) is 28.2 Å². The molecule has 1 aliphatic carbocycles. The van der Waals surface area contributed by atoms with E-state index in [0.717, 1.165) is 12.8 Å². The topological polar surface area (TPSA) is 160 Å². The number of carbonyl (C=O) groups excluding carboxylic acids is 2. The molecule has 0 saturated heterocycles. The van der Waals surface area contributed by atoms with Gasteiger partial charge in [0.25, 0.3) is 0 Å². The normalized spacial score (nSPS) is 20.0. The summed E-state index contributed by atoms with van der Waals surface area (Å²) < 4.78 is 0.501. The Morgan fingerprint density at radius 1 is 1.32 bits per heavy atom. The molecule has 1 aliphatic rings. The number of aliphatic carboxylic acids is 1. The molecular formula is C17H24ClN5O4S. The Bertz CT molecular complexity index is 750. The van der Waals surface area contributed by atoms with E-state index in [1.54, 1.807) is 12.1 Å². The Hall–Kier alpha value is -2.33. The number of hydrogen-bond acceptors (Lipinski definition) is 5. The van der Waals surface area contributed by atoms with Gasteiger partial charge in [0.2, 0.25) is 11.8 Å². The maximum atomic E-state index is 12.4. The summed E-state index contributed by atoms with van der Waals surface area (Å²) in [5.74, 6) is -2.02. The van der Waals surface area contributed by atoms with Crippen molar-refractivity contribution < 1.29 is 19.5 Å². The third-order valence-corrected chi connectivity index (χ3v) is 5.77. The number of halogens is 1. The zero-order chi connectivity index (χ0) is 20.7. The van der Waals surface area contributed by atoms with Crippen molar-refractivity contribution in [3.8, 4) is 0 Å². The first-order chi connectivity index (χ1) is 13.2. The smallest absolute Gasteiger partial charge is 0.305 e. The lowest BCUT2D eigenvalue weighted by Gasteiger charge is -2.26. The van der Waals surface area contributed by atoms with Crippen LogP contribution in [0.25, 0.3) is 0 Å². The van der Waals surface area contributed by atoms with E-state index < -0.39 is 17.9 Å². The summed E-state index contributed by atoms with van der Waals surface area (Å²) in [6.07, 6.45) is 2.60. The van der Waals surface area contributed by atoms with Crippen LogP contribution < -0.4 is 22.1 Å². The van der Waals surface area contributed by atoms with E-state index in [9.17, 15) is 14.4 Å². The zero-order valence-electron chi connectivity index (χ0n) is 15.2. The number of aliphatic imine (C=N–C) groups is 1. The summed E-state index contributed by atoms with van der Waals surface area (Å²) in [4.78, 5) is 40.4. The number of hydrogen-bond donors (Lipinski definition) is 5. The predicted molar refractivity (Wildman–Crippen MR) is 107 cm³/mol. The van der Waals surface area contributed by atoms with E-state index in [2.05, 4.69) is 15.6 Å². The molecule has 7 N–H and O–H groups in total. The van der Waals surface area contributed by atoms with Gasteiger partial charge in [-0.1, -0.05) is 18.0 Å². The van der Waals surface area contributed by atoms with E-state index >= 15 is 0 Å². The Morgan fingerprint density at radius 2 is 2.07 bits per heavy atom. The molecule has 3 unspecified atom stereocenters. The number of thiophene rings is 1.